The first-order chi connectivity index (χ1) is 14.0. The minimum absolute atomic E-state index is 0.0793. The molecule has 0 aromatic heterocycles. The van der Waals surface area contributed by atoms with Gasteiger partial charge in [0.2, 0.25) is 0 Å². The number of likely N-dealkylation sites (tertiary alicyclic amines) is 1. The average Bonchev–Trinajstić information content (AvgIpc) is 2.98. The number of nitrogens with zero attached hydrogens (tertiary/aromatic N) is 1. The summed E-state index contributed by atoms with van der Waals surface area (Å²) in [6.45, 7) is 0.807. The number of methoxy groups -OCH3 is 2. The first-order valence-corrected chi connectivity index (χ1v) is 9.94. The molecule has 1 amide bonds. The van der Waals surface area contributed by atoms with Crippen LogP contribution in [-0.4, -0.2) is 49.1 Å². The van der Waals surface area contributed by atoms with Crippen molar-refractivity contribution in [1.29, 1.82) is 0 Å². The standard InChI is InChI=1S/C22H22BrNO5/c1-28-12-4-11-24-19(15-5-3-6-16(23)13-15)18(21(26)22(24)27)20(25)14-7-9-17(29-2)10-8-14/h3,5-10,13,19,25H,4,11-12H2,1-2H3/b20-18+. The lowest BCUT2D eigenvalue weighted by molar-refractivity contribution is -0.140. The lowest BCUT2D eigenvalue weighted by Crippen LogP contribution is -2.31. The summed E-state index contributed by atoms with van der Waals surface area (Å²) in [4.78, 5) is 27.1. The van der Waals surface area contributed by atoms with Crippen LogP contribution in [0.3, 0.4) is 0 Å². The zero-order valence-corrected chi connectivity index (χ0v) is 17.8. The van der Waals surface area contributed by atoms with Crippen LogP contribution in [-0.2, 0) is 14.3 Å². The number of halogens is 1. The minimum atomic E-state index is -0.694. The van der Waals surface area contributed by atoms with E-state index in [-0.39, 0.29) is 11.3 Å². The van der Waals surface area contributed by atoms with E-state index in [1.54, 1.807) is 38.5 Å². The summed E-state index contributed by atoms with van der Waals surface area (Å²) in [5.41, 5.74) is 1.27. The van der Waals surface area contributed by atoms with Crippen molar-refractivity contribution in [3.63, 3.8) is 0 Å². The Bertz CT molecular complexity index is 938. The number of ether oxygens (including phenoxy) is 2. The summed E-state index contributed by atoms with van der Waals surface area (Å²) in [5.74, 6) is -0.892. The summed E-state index contributed by atoms with van der Waals surface area (Å²) < 4.78 is 11.1. The van der Waals surface area contributed by atoms with E-state index >= 15 is 0 Å². The molecule has 29 heavy (non-hydrogen) atoms. The topological polar surface area (TPSA) is 76.1 Å². The molecule has 1 unspecified atom stereocenters. The molecule has 0 bridgehead atoms. The van der Waals surface area contributed by atoms with Gasteiger partial charge >= 0.3 is 0 Å². The van der Waals surface area contributed by atoms with Crippen molar-refractivity contribution >= 4 is 33.4 Å². The van der Waals surface area contributed by atoms with E-state index in [9.17, 15) is 14.7 Å². The number of amides is 1. The summed E-state index contributed by atoms with van der Waals surface area (Å²) in [6.07, 6.45) is 0.580. The van der Waals surface area contributed by atoms with Gasteiger partial charge in [-0.15, -0.1) is 0 Å². The summed E-state index contributed by atoms with van der Waals surface area (Å²) >= 11 is 3.44. The Morgan fingerprint density at radius 2 is 1.86 bits per heavy atom. The number of carbonyl (C=O) groups excluding carboxylic acids is 2. The summed E-state index contributed by atoms with van der Waals surface area (Å²) in [5, 5.41) is 11.0. The number of hydrogen-bond acceptors (Lipinski definition) is 5. The molecule has 0 saturated carbocycles. The average molecular weight is 460 g/mol. The molecule has 1 fully saturated rings. The number of ketones is 1. The quantitative estimate of drug-likeness (QED) is 0.294. The molecule has 1 aliphatic rings. The van der Waals surface area contributed by atoms with E-state index in [1.165, 1.54) is 4.90 Å². The maximum absolute atomic E-state index is 12.9. The Hall–Kier alpha value is -2.64. The highest BCUT2D eigenvalue weighted by molar-refractivity contribution is 9.10. The van der Waals surface area contributed by atoms with E-state index in [4.69, 9.17) is 9.47 Å². The van der Waals surface area contributed by atoms with E-state index in [2.05, 4.69) is 15.9 Å². The number of rotatable bonds is 7. The largest absolute Gasteiger partial charge is 0.507 e. The van der Waals surface area contributed by atoms with Gasteiger partial charge in [-0.1, -0.05) is 28.1 Å². The Labute approximate surface area is 177 Å². The lowest BCUT2D eigenvalue weighted by Gasteiger charge is -2.25. The molecular formula is C22H22BrNO5. The number of aliphatic hydroxyl groups is 1. The molecule has 3 rings (SSSR count). The number of carbonyl (C=O) groups is 2. The normalized spacial score (nSPS) is 18.3. The van der Waals surface area contributed by atoms with Gasteiger partial charge in [-0.25, -0.2) is 0 Å². The van der Waals surface area contributed by atoms with Gasteiger partial charge < -0.3 is 19.5 Å². The van der Waals surface area contributed by atoms with Crippen LogP contribution in [0.1, 0.15) is 23.6 Å². The Balaban J connectivity index is 2.10. The van der Waals surface area contributed by atoms with Crippen molar-refractivity contribution in [2.24, 2.45) is 0 Å². The smallest absolute Gasteiger partial charge is 0.295 e. The second-order valence-corrected chi connectivity index (χ2v) is 7.54. The fourth-order valence-electron chi connectivity index (χ4n) is 3.42. The maximum Gasteiger partial charge on any atom is 0.295 e. The number of benzene rings is 2. The molecule has 1 saturated heterocycles. The molecule has 0 spiro atoms. The van der Waals surface area contributed by atoms with Crippen LogP contribution in [0.25, 0.3) is 5.76 Å². The fourth-order valence-corrected chi connectivity index (χ4v) is 3.83. The van der Waals surface area contributed by atoms with Crippen LogP contribution < -0.4 is 4.74 Å². The molecule has 1 aliphatic heterocycles. The fraction of sp³-hybridized carbons (Fsp3) is 0.273. The zero-order chi connectivity index (χ0) is 21.0. The van der Waals surface area contributed by atoms with E-state index in [0.717, 1.165) is 10.0 Å². The van der Waals surface area contributed by atoms with Crippen LogP contribution in [0.4, 0.5) is 0 Å². The number of aliphatic hydroxyl groups excluding tert-OH is 1. The van der Waals surface area contributed by atoms with Gasteiger partial charge in [0.05, 0.1) is 18.7 Å². The molecule has 7 heteroatoms. The summed E-state index contributed by atoms with van der Waals surface area (Å²) in [7, 11) is 3.14. The Morgan fingerprint density at radius 3 is 2.48 bits per heavy atom. The molecule has 6 nitrogen and oxygen atoms in total. The van der Waals surface area contributed by atoms with Crippen molar-refractivity contribution in [3.8, 4) is 5.75 Å². The number of hydrogen-bond donors (Lipinski definition) is 1. The van der Waals surface area contributed by atoms with Gasteiger partial charge in [0.25, 0.3) is 11.7 Å². The predicted molar refractivity (Wildman–Crippen MR) is 113 cm³/mol. The van der Waals surface area contributed by atoms with Crippen molar-refractivity contribution in [2.45, 2.75) is 12.5 Å². The molecule has 2 aromatic carbocycles. The molecular weight excluding hydrogens is 438 g/mol. The second-order valence-electron chi connectivity index (χ2n) is 6.62. The Morgan fingerprint density at radius 1 is 1.14 bits per heavy atom. The maximum atomic E-state index is 12.9. The zero-order valence-electron chi connectivity index (χ0n) is 16.2. The SMILES string of the molecule is COCCCN1C(=O)C(=O)/C(=C(/O)c2ccc(OC)cc2)C1c1cccc(Br)c1. The predicted octanol–water partition coefficient (Wildman–Crippen LogP) is 3.92. The van der Waals surface area contributed by atoms with Crippen LogP contribution in [0.15, 0.2) is 58.6 Å². The van der Waals surface area contributed by atoms with E-state index in [0.29, 0.717) is 30.9 Å². The summed E-state index contributed by atoms with van der Waals surface area (Å²) in [6, 6.07) is 13.4. The molecule has 0 radical (unpaired) electrons. The monoisotopic (exact) mass is 459 g/mol. The van der Waals surface area contributed by atoms with Crippen molar-refractivity contribution < 1.29 is 24.2 Å². The third kappa shape index (κ3) is 4.36. The molecule has 1 heterocycles. The third-order valence-corrected chi connectivity index (χ3v) is 5.31. The highest BCUT2D eigenvalue weighted by Gasteiger charge is 2.45. The van der Waals surface area contributed by atoms with Gasteiger partial charge in [-0.2, -0.15) is 0 Å². The van der Waals surface area contributed by atoms with Crippen molar-refractivity contribution in [2.75, 3.05) is 27.4 Å². The Kier molecular flexibility index (Phi) is 6.71. The van der Waals surface area contributed by atoms with E-state index in [1.807, 2.05) is 24.3 Å². The minimum Gasteiger partial charge on any atom is -0.507 e. The van der Waals surface area contributed by atoms with Gasteiger partial charge in [0, 0.05) is 30.3 Å². The third-order valence-electron chi connectivity index (χ3n) is 4.82. The van der Waals surface area contributed by atoms with Gasteiger partial charge in [0.15, 0.2) is 0 Å². The van der Waals surface area contributed by atoms with Crippen molar-refractivity contribution in [1.82, 2.24) is 4.90 Å². The lowest BCUT2D eigenvalue weighted by atomic mass is 9.95. The first kappa shape index (κ1) is 21.1. The molecule has 2 aromatic rings. The molecule has 152 valence electrons. The molecule has 1 atom stereocenters. The second kappa shape index (κ2) is 9.24. The van der Waals surface area contributed by atoms with Gasteiger partial charge in [0.1, 0.15) is 11.5 Å². The van der Waals surface area contributed by atoms with Crippen molar-refractivity contribution in [3.05, 3.63) is 69.7 Å². The van der Waals surface area contributed by atoms with Crippen LogP contribution in [0, 0.1) is 0 Å². The van der Waals surface area contributed by atoms with Gasteiger partial charge in [-0.3, -0.25) is 9.59 Å². The van der Waals surface area contributed by atoms with Crippen LogP contribution >= 0.6 is 15.9 Å². The van der Waals surface area contributed by atoms with E-state index < -0.39 is 17.7 Å². The van der Waals surface area contributed by atoms with Gasteiger partial charge in [-0.05, 0) is 48.4 Å². The van der Waals surface area contributed by atoms with Crippen LogP contribution in [0.5, 0.6) is 5.75 Å². The molecule has 1 N–H and O–H groups in total. The van der Waals surface area contributed by atoms with Crippen LogP contribution in [0.2, 0.25) is 0 Å². The number of Topliss-reactive ketones (excluding diaryl/α,β-unsaturated/α-hetero) is 1. The highest BCUT2D eigenvalue weighted by Crippen LogP contribution is 2.40. The highest BCUT2D eigenvalue weighted by atomic mass is 79.9. The first-order valence-electron chi connectivity index (χ1n) is 9.15. The molecule has 0 aliphatic carbocycles.